The van der Waals surface area contributed by atoms with Crippen LogP contribution in [-0.4, -0.2) is 23.5 Å². The van der Waals surface area contributed by atoms with Crippen LogP contribution in [0.5, 0.6) is 0 Å². The number of rotatable bonds is 6. The lowest BCUT2D eigenvalue weighted by molar-refractivity contribution is 0.139. The molecule has 0 aromatic heterocycles. The second-order valence-electron chi connectivity index (χ2n) is 4.76. The van der Waals surface area contributed by atoms with Crippen molar-refractivity contribution in [3.8, 4) is 0 Å². The van der Waals surface area contributed by atoms with Crippen molar-refractivity contribution >= 4 is 0 Å². The lowest BCUT2D eigenvalue weighted by atomic mass is 9.98. The Balaban J connectivity index is 2.77. The zero-order valence-electron chi connectivity index (χ0n) is 11.6. The topological polar surface area (TPSA) is 29.3 Å². The SMILES string of the molecule is CCC(C)N(CC)C(C)C(N)c1ccccc1. The molecule has 0 radical (unpaired) electrons. The molecule has 1 aromatic rings. The largest absolute Gasteiger partial charge is 0.323 e. The van der Waals surface area contributed by atoms with E-state index >= 15 is 0 Å². The Hall–Kier alpha value is -0.860. The minimum absolute atomic E-state index is 0.0881. The molecule has 1 rings (SSSR count). The fraction of sp³-hybridized carbons (Fsp3) is 0.600. The van der Waals surface area contributed by atoms with E-state index in [0.717, 1.165) is 6.54 Å². The van der Waals surface area contributed by atoms with E-state index in [2.05, 4.69) is 56.9 Å². The molecule has 96 valence electrons. The standard InChI is InChI=1S/C15H26N2/c1-5-12(3)17(6-2)13(4)15(16)14-10-8-7-9-11-14/h7-13,15H,5-6,16H2,1-4H3. The minimum atomic E-state index is 0.0881. The van der Waals surface area contributed by atoms with Gasteiger partial charge in [-0.15, -0.1) is 0 Å². The molecule has 0 aliphatic heterocycles. The summed E-state index contributed by atoms with van der Waals surface area (Å²) in [4.78, 5) is 2.48. The van der Waals surface area contributed by atoms with E-state index in [4.69, 9.17) is 5.73 Å². The molecule has 0 bridgehead atoms. The molecule has 0 aliphatic rings. The summed E-state index contributed by atoms with van der Waals surface area (Å²) in [5.74, 6) is 0. The quantitative estimate of drug-likeness (QED) is 0.819. The van der Waals surface area contributed by atoms with Crippen LogP contribution in [0.1, 0.15) is 45.7 Å². The van der Waals surface area contributed by atoms with E-state index < -0.39 is 0 Å². The maximum Gasteiger partial charge on any atom is 0.0450 e. The van der Waals surface area contributed by atoms with E-state index in [1.807, 2.05) is 6.07 Å². The normalized spacial score (nSPS) is 16.8. The zero-order chi connectivity index (χ0) is 12.8. The summed E-state index contributed by atoms with van der Waals surface area (Å²) in [7, 11) is 0. The van der Waals surface area contributed by atoms with Gasteiger partial charge in [0.15, 0.2) is 0 Å². The van der Waals surface area contributed by atoms with Crippen LogP contribution in [0, 0.1) is 0 Å². The van der Waals surface area contributed by atoms with E-state index in [1.165, 1.54) is 12.0 Å². The van der Waals surface area contributed by atoms with E-state index in [0.29, 0.717) is 12.1 Å². The first-order valence-electron chi connectivity index (χ1n) is 6.68. The Labute approximate surface area is 106 Å². The summed E-state index contributed by atoms with van der Waals surface area (Å²) >= 11 is 0. The van der Waals surface area contributed by atoms with E-state index in [1.54, 1.807) is 0 Å². The third-order valence-corrected chi connectivity index (χ3v) is 3.75. The second-order valence-corrected chi connectivity index (χ2v) is 4.76. The Morgan fingerprint density at radius 1 is 1.12 bits per heavy atom. The van der Waals surface area contributed by atoms with Gasteiger partial charge in [-0.1, -0.05) is 44.2 Å². The molecule has 0 saturated carbocycles. The molecule has 0 amide bonds. The first-order chi connectivity index (χ1) is 8.11. The molecule has 0 heterocycles. The van der Waals surface area contributed by atoms with Gasteiger partial charge in [-0.05, 0) is 32.4 Å². The van der Waals surface area contributed by atoms with Crippen LogP contribution in [0.2, 0.25) is 0 Å². The molecule has 0 spiro atoms. The molecule has 1 aromatic carbocycles. The van der Waals surface area contributed by atoms with Crippen LogP contribution >= 0.6 is 0 Å². The summed E-state index contributed by atoms with van der Waals surface area (Å²) in [5.41, 5.74) is 7.59. The van der Waals surface area contributed by atoms with Crippen molar-refractivity contribution in [1.82, 2.24) is 4.90 Å². The van der Waals surface area contributed by atoms with E-state index in [-0.39, 0.29) is 6.04 Å². The van der Waals surface area contributed by atoms with Gasteiger partial charge in [0.2, 0.25) is 0 Å². The fourth-order valence-electron chi connectivity index (χ4n) is 2.40. The minimum Gasteiger partial charge on any atom is -0.323 e. The van der Waals surface area contributed by atoms with E-state index in [9.17, 15) is 0 Å². The lowest BCUT2D eigenvalue weighted by Crippen LogP contribution is -2.45. The van der Waals surface area contributed by atoms with Gasteiger partial charge < -0.3 is 5.73 Å². The van der Waals surface area contributed by atoms with Gasteiger partial charge in [0, 0.05) is 18.1 Å². The second kappa shape index (κ2) is 6.77. The average Bonchev–Trinajstić information content (AvgIpc) is 2.39. The zero-order valence-corrected chi connectivity index (χ0v) is 11.6. The van der Waals surface area contributed by atoms with Crippen LogP contribution in [0.4, 0.5) is 0 Å². The Morgan fingerprint density at radius 3 is 2.18 bits per heavy atom. The third kappa shape index (κ3) is 3.55. The monoisotopic (exact) mass is 234 g/mol. The van der Waals surface area contributed by atoms with Crippen LogP contribution in [-0.2, 0) is 0 Å². The highest BCUT2D eigenvalue weighted by atomic mass is 15.2. The fourth-order valence-corrected chi connectivity index (χ4v) is 2.40. The Kier molecular flexibility index (Phi) is 5.66. The molecule has 2 heteroatoms. The first kappa shape index (κ1) is 14.2. The van der Waals surface area contributed by atoms with Gasteiger partial charge >= 0.3 is 0 Å². The Morgan fingerprint density at radius 2 is 1.71 bits per heavy atom. The van der Waals surface area contributed by atoms with Crippen molar-refractivity contribution in [2.45, 2.75) is 52.2 Å². The van der Waals surface area contributed by atoms with Crippen molar-refractivity contribution in [2.24, 2.45) is 5.73 Å². The highest BCUT2D eigenvalue weighted by molar-refractivity contribution is 5.19. The molecule has 17 heavy (non-hydrogen) atoms. The van der Waals surface area contributed by atoms with Gasteiger partial charge in [0.05, 0.1) is 0 Å². The molecule has 3 unspecified atom stereocenters. The molecule has 2 nitrogen and oxygen atoms in total. The van der Waals surface area contributed by atoms with Crippen molar-refractivity contribution in [1.29, 1.82) is 0 Å². The third-order valence-electron chi connectivity index (χ3n) is 3.75. The first-order valence-corrected chi connectivity index (χ1v) is 6.68. The average molecular weight is 234 g/mol. The molecule has 3 atom stereocenters. The van der Waals surface area contributed by atoms with Crippen molar-refractivity contribution in [3.63, 3.8) is 0 Å². The molecular weight excluding hydrogens is 208 g/mol. The van der Waals surface area contributed by atoms with Crippen LogP contribution in [0.3, 0.4) is 0 Å². The van der Waals surface area contributed by atoms with Gasteiger partial charge in [-0.2, -0.15) is 0 Å². The highest BCUT2D eigenvalue weighted by Gasteiger charge is 2.23. The molecular formula is C15H26N2. The van der Waals surface area contributed by atoms with Crippen molar-refractivity contribution in [2.75, 3.05) is 6.54 Å². The molecule has 0 saturated heterocycles. The number of hydrogen-bond donors (Lipinski definition) is 1. The maximum atomic E-state index is 6.37. The predicted octanol–water partition coefficient (Wildman–Crippen LogP) is 3.20. The van der Waals surface area contributed by atoms with Gasteiger partial charge in [0.25, 0.3) is 0 Å². The van der Waals surface area contributed by atoms with Crippen LogP contribution < -0.4 is 5.73 Å². The molecule has 0 fully saturated rings. The molecule has 0 aliphatic carbocycles. The summed E-state index contributed by atoms with van der Waals surface area (Å²) in [6.07, 6.45) is 1.17. The number of nitrogens with two attached hydrogens (primary N) is 1. The van der Waals surface area contributed by atoms with Gasteiger partial charge in [0.1, 0.15) is 0 Å². The van der Waals surface area contributed by atoms with Gasteiger partial charge in [-0.25, -0.2) is 0 Å². The number of benzene rings is 1. The molecule has 2 N–H and O–H groups in total. The number of nitrogens with zero attached hydrogens (tertiary/aromatic N) is 1. The van der Waals surface area contributed by atoms with Crippen LogP contribution in [0.25, 0.3) is 0 Å². The smallest absolute Gasteiger partial charge is 0.0450 e. The van der Waals surface area contributed by atoms with Crippen LogP contribution in [0.15, 0.2) is 30.3 Å². The van der Waals surface area contributed by atoms with Crippen molar-refractivity contribution in [3.05, 3.63) is 35.9 Å². The maximum absolute atomic E-state index is 6.37. The summed E-state index contributed by atoms with van der Waals surface area (Å²) < 4.78 is 0. The number of likely N-dealkylation sites (N-methyl/N-ethyl adjacent to an activating group) is 1. The Bertz CT molecular complexity index is 310. The highest BCUT2D eigenvalue weighted by Crippen LogP contribution is 2.20. The van der Waals surface area contributed by atoms with Crippen molar-refractivity contribution < 1.29 is 0 Å². The van der Waals surface area contributed by atoms with Gasteiger partial charge in [-0.3, -0.25) is 4.90 Å². The number of hydrogen-bond acceptors (Lipinski definition) is 2. The summed E-state index contributed by atoms with van der Waals surface area (Å²) in [6, 6.07) is 11.4. The summed E-state index contributed by atoms with van der Waals surface area (Å²) in [5, 5.41) is 0. The summed E-state index contributed by atoms with van der Waals surface area (Å²) in [6.45, 7) is 10.00. The predicted molar refractivity (Wildman–Crippen MR) is 75.0 cm³/mol. The lowest BCUT2D eigenvalue weighted by Gasteiger charge is -2.36.